The number of aromatic amines is 1. The lowest BCUT2D eigenvalue weighted by Crippen LogP contribution is -2.30. The topological polar surface area (TPSA) is 160 Å². The Morgan fingerprint density at radius 2 is 1.78 bits per heavy atom. The molecule has 0 saturated heterocycles. The summed E-state index contributed by atoms with van der Waals surface area (Å²) in [5, 5.41) is 20.1. The molecule has 37 heavy (non-hydrogen) atoms. The zero-order valence-corrected chi connectivity index (χ0v) is 19.3. The molecule has 0 aliphatic heterocycles. The molecule has 7 N–H and O–H groups in total. The zero-order chi connectivity index (χ0) is 27.0. The molecule has 1 atom stereocenters. The zero-order valence-electron chi connectivity index (χ0n) is 19.3. The molecule has 2 heterocycles. The molecule has 0 radical (unpaired) electrons. The molecule has 9 nitrogen and oxygen atoms in total. The summed E-state index contributed by atoms with van der Waals surface area (Å²) in [6.45, 7) is 0.382. The van der Waals surface area contributed by atoms with Crippen molar-refractivity contribution < 1.29 is 33.0 Å². The van der Waals surface area contributed by atoms with Crippen molar-refractivity contribution >= 4 is 22.7 Å². The number of oxime groups is 1. The number of rotatable bonds is 7. The second-order valence-corrected chi connectivity index (χ2v) is 7.91. The highest BCUT2D eigenvalue weighted by atomic mass is 19.4. The molecule has 0 amide bonds. The number of halogens is 3. The Kier molecular flexibility index (Phi) is 8.69. The second kappa shape index (κ2) is 11.9. The fourth-order valence-corrected chi connectivity index (χ4v) is 3.39. The van der Waals surface area contributed by atoms with Crippen LogP contribution in [-0.4, -0.2) is 50.9 Å². The molecular weight excluding hydrogens is 491 g/mol. The first-order chi connectivity index (χ1) is 17.6. The summed E-state index contributed by atoms with van der Waals surface area (Å²) in [7, 11) is 0. The van der Waals surface area contributed by atoms with E-state index in [9.17, 15) is 13.2 Å². The summed E-state index contributed by atoms with van der Waals surface area (Å²) in [5.74, 6) is -2.03. The number of H-pyrrole nitrogens is 1. The van der Waals surface area contributed by atoms with Gasteiger partial charge in [-0.05, 0) is 29.7 Å². The predicted molar refractivity (Wildman–Crippen MR) is 131 cm³/mol. The van der Waals surface area contributed by atoms with Gasteiger partial charge in [0.2, 0.25) is 0 Å². The van der Waals surface area contributed by atoms with E-state index in [2.05, 4.69) is 27.3 Å². The van der Waals surface area contributed by atoms with E-state index < -0.39 is 12.1 Å². The number of alkyl halides is 3. The molecule has 0 spiro atoms. The van der Waals surface area contributed by atoms with Gasteiger partial charge in [0.1, 0.15) is 12.4 Å². The number of hydrogen-bond donors (Lipinski definition) is 5. The van der Waals surface area contributed by atoms with Gasteiger partial charge in [0, 0.05) is 40.5 Å². The number of carboxylic acid groups (broad SMARTS) is 1. The number of hydrogen-bond acceptors (Lipinski definition) is 6. The third-order valence-electron chi connectivity index (χ3n) is 5.20. The van der Waals surface area contributed by atoms with Gasteiger partial charge in [0.05, 0.1) is 6.20 Å². The highest BCUT2D eigenvalue weighted by Crippen LogP contribution is 2.24. The molecule has 0 saturated carbocycles. The molecule has 0 unspecified atom stereocenters. The normalized spacial score (nSPS) is 12.5. The molecule has 4 aromatic rings. The Labute approximate surface area is 209 Å². The van der Waals surface area contributed by atoms with Gasteiger partial charge in [-0.3, -0.25) is 4.98 Å². The summed E-state index contributed by atoms with van der Waals surface area (Å²) in [4.78, 5) is 16.4. The molecule has 0 aliphatic rings. The lowest BCUT2D eigenvalue weighted by Gasteiger charge is -2.13. The quantitative estimate of drug-likeness (QED) is 0.108. The SMILES string of the molecule is NC(=NO)c1ccc(-c2cncc(OC[C@@H](N)Cc3c[nH]c4ccccc34)c2)cc1.O=C(O)C(F)(F)F. The fourth-order valence-electron chi connectivity index (χ4n) is 3.39. The number of pyridine rings is 1. The predicted octanol–water partition coefficient (Wildman–Crippen LogP) is 3.91. The number of fused-ring (bicyclic) bond motifs is 1. The van der Waals surface area contributed by atoms with E-state index in [0.29, 0.717) is 24.3 Å². The maximum Gasteiger partial charge on any atom is 0.490 e. The van der Waals surface area contributed by atoms with Crippen molar-refractivity contribution in [1.29, 1.82) is 0 Å². The molecule has 12 heteroatoms. The monoisotopic (exact) mass is 515 g/mol. The smallest absolute Gasteiger partial charge is 0.490 e. The maximum atomic E-state index is 10.6. The Morgan fingerprint density at radius 1 is 1.11 bits per heavy atom. The Hall–Kier alpha value is -4.58. The molecule has 0 bridgehead atoms. The molecule has 4 rings (SSSR count). The number of ether oxygens (including phenoxy) is 1. The van der Waals surface area contributed by atoms with Crippen LogP contribution in [0.4, 0.5) is 13.2 Å². The van der Waals surface area contributed by atoms with Crippen molar-refractivity contribution in [3.05, 3.63) is 84.3 Å². The minimum atomic E-state index is -5.08. The van der Waals surface area contributed by atoms with Crippen LogP contribution in [0.5, 0.6) is 5.75 Å². The first kappa shape index (κ1) is 27.0. The van der Waals surface area contributed by atoms with Crippen LogP contribution in [0.25, 0.3) is 22.0 Å². The lowest BCUT2D eigenvalue weighted by molar-refractivity contribution is -0.192. The summed E-state index contributed by atoms with van der Waals surface area (Å²) >= 11 is 0. The number of carbonyl (C=O) groups is 1. The first-order valence-corrected chi connectivity index (χ1v) is 10.9. The average Bonchev–Trinajstić information content (AvgIpc) is 3.29. The highest BCUT2D eigenvalue weighted by Gasteiger charge is 2.38. The van der Waals surface area contributed by atoms with Gasteiger partial charge in [-0.25, -0.2) is 4.79 Å². The van der Waals surface area contributed by atoms with E-state index in [4.69, 9.17) is 31.3 Å². The van der Waals surface area contributed by atoms with Crippen molar-refractivity contribution in [1.82, 2.24) is 9.97 Å². The van der Waals surface area contributed by atoms with E-state index in [-0.39, 0.29) is 11.9 Å². The standard InChI is InChI=1S/C23H23N5O2.C2HF3O2/c24-19(9-18-12-27-22-4-2-1-3-21(18)22)14-30-20-10-17(11-26-13-20)15-5-7-16(8-6-15)23(25)28-29;3-2(4,5)1(6)7/h1-8,10-13,19,27,29H,9,14,24H2,(H2,25,28);(H,6,7)/t19-;/m0./s1. The van der Waals surface area contributed by atoms with Crippen LogP contribution in [0.3, 0.4) is 0 Å². The maximum absolute atomic E-state index is 10.6. The number of nitrogens with zero attached hydrogens (tertiary/aromatic N) is 2. The number of benzene rings is 2. The van der Waals surface area contributed by atoms with Gasteiger partial charge in [-0.15, -0.1) is 0 Å². The van der Waals surface area contributed by atoms with E-state index in [1.807, 2.05) is 36.5 Å². The van der Waals surface area contributed by atoms with Crippen LogP contribution in [0.15, 0.2) is 78.3 Å². The molecular formula is C25H24F3N5O4. The lowest BCUT2D eigenvalue weighted by atomic mass is 10.1. The molecule has 2 aromatic carbocycles. The fraction of sp³-hybridized carbons (Fsp3) is 0.160. The van der Waals surface area contributed by atoms with E-state index in [0.717, 1.165) is 16.6 Å². The van der Waals surface area contributed by atoms with Gasteiger partial charge < -0.3 is 31.5 Å². The van der Waals surface area contributed by atoms with Crippen LogP contribution in [0.2, 0.25) is 0 Å². The minimum Gasteiger partial charge on any atom is -0.490 e. The molecule has 0 aliphatic carbocycles. The van der Waals surface area contributed by atoms with Crippen molar-refractivity contribution in [2.45, 2.75) is 18.6 Å². The van der Waals surface area contributed by atoms with E-state index >= 15 is 0 Å². The third kappa shape index (κ3) is 7.45. The Balaban J connectivity index is 0.000000479. The summed E-state index contributed by atoms with van der Waals surface area (Å²) in [5.41, 5.74) is 16.7. The number of amidine groups is 1. The number of aliphatic carboxylic acids is 1. The van der Waals surface area contributed by atoms with Gasteiger partial charge in [0.25, 0.3) is 0 Å². The van der Waals surface area contributed by atoms with Crippen LogP contribution < -0.4 is 16.2 Å². The van der Waals surface area contributed by atoms with Crippen molar-refractivity contribution in [3.63, 3.8) is 0 Å². The van der Waals surface area contributed by atoms with Gasteiger partial charge in [0.15, 0.2) is 5.84 Å². The Bertz CT molecular complexity index is 1370. The number of para-hydroxylation sites is 1. The minimum absolute atomic E-state index is 0.0703. The number of aromatic nitrogens is 2. The third-order valence-corrected chi connectivity index (χ3v) is 5.20. The summed E-state index contributed by atoms with van der Waals surface area (Å²) < 4.78 is 37.6. The van der Waals surface area contributed by atoms with E-state index in [1.165, 1.54) is 10.9 Å². The van der Waals surface area contributed by atoms with Crippen LogP contribution in [0, 0.1) is 0 Å². The second-order valence-electron chi connectivity index (χ2n) is 7.91. The molecule has 0 fully saturated rings. The highest BCUT2D eigenvalue weighted by molar-refractivity contribution is 5.97. The van der Waals surface area contributed by atoms with Crippen LogP contribution in [-0.2, 0) is 11.2 Å². The number of nitrogens with one attached hydrogen (secondary N) is 1. The van der Waals surface area contributed by atoms with Gasteiger partial charge in [-0.2, -0.15) is 13.2 Å². The first-order valence-electron chi connectivity index (χ1n) is 10.9. The Morgan fingerprint density at radius 3 is 2.43 bits per heavy atom. The van der Waals surface area contributed by atoms with Crippen LogP contribution in [0.1, 0.15) is 11.1 Å². The van der Waals surface area contributed by atoms with Crippen molar-refractivity contribution in [2.75, 3.05) is 6.61 Å². The van der Waals surface area contributed by atoms with Gasteiger partial charge >= 0.3 is 12.1 Å². The number of nitrogens with two attached hydrogens (primary N) is 2. The van der Waals surface area contributed by atoms with Crippen molar-refractivity contribution in [3.8, 4) is 16.9 Å². The van der Waals surface area contributed by atoms with Crippen molar-refractivity contribution in [2.24, 2.45) is 16.6 Å². The molecule has 194 valence electrons. The van der Waals surface area contributed by atoms with Crippen LogP contribution >= 0.6 is 0 Å². The summed E-state index contributed by atoms with van der Waals surface area (Å²) in [6, 6.07) is 17.3. The van der Waals surface area contributed by atoms with E-state index in [1.54, 1.807) is 24.5 Å². The molecule has 2 aromatic heterocycles. The average molecular weight is 515 g/mol. The largest absolute Gasteiger partial charge is 0.490 e. The number of carboxylic acids is 1. The van der Waals surface area contributed by atoms with Gasteiger partial charge in [-0.1, -0.05) is 47.6 Å². The summed E-state index contributed by atoms with van der Waals surface area (Å²) in [6.07, 6.45) is 1.07.